The minimum atomic E-state index is -0.263. The van der Waals surface area contributed by atoms with Gasteiger partial charge >= 0.3 is 0 Å². The van der Waals surface area contributed by atoms with E-state index in [4.69, 9.17) is 0 Å². The summed E-state index contributed by atoms with van der Waals surface area (Å²) in [5, 5.41) is 20.5. The molecule has 0 nitrogen and oxygen atoms in total. The first-order valence-electron chi connectivity index (χ1n) is 28.4. The van der Waals surface area contributed by atoms with Crippen LogP contribution < -0.4 is 0 Å². The molecule has 0 bridgehead atoms. The molecular formula is C80H54. The first kappa shape index (κ1) is 45.4. The van der Waals surface area contributed by atoms with Crippen LogP contribution >= 0.6 is 0 Å². The van der Waals surface area contributed by atoms with Crippen LogP contribution in [0.4, 0.5) is 0 Å². The van der Waals surface area contributed by atoms with Crippen LogP contribution in [0.25, 0.3) is 153 Å². The first-order chi connectivity index (χ1) is 39.2. The van der Waals surface area contributed by atoms with E-state index in [9.17, 15) is 0 Å². The van der Waals surface area contributed by atoms with Gasteiger partial charge in [0.25, 0.3) is 0 Å². The quantitative estimate of drug-likeness (QED) is 0.122. The molecule has 0 heteroatoms. The zero-order valence-electron chi connectivity index (χ0n) is 45.2. The highest BCUT2D eigenvalue weighted by Gasteiger charge is 2.39. The normalized spacial score (nSPS) is 13.9. The van der Waals surface area contributed by atoms with E-state index in [0.29, 0.717) is 0 Å². The Morgan fingerprint density at radius 3 is 0.875 bits per heavy atom. The lowest BCUT2D eigenvalue weighted by atomic mass is 9.77. The van der Waals surface area contributed by atoms with Gasteiger partial charge in [-0.1, -0.05) is 234 Å². The topological polar surface area (TPSA) is 0 Å². The van der Waals surface area contributed by atoms with Crippen LogP contribution in [0.5, 0.6) is 0 Å². The summed E-state index contributed by atoms with van der Waals surface area (Å²) in [5.41, 5.74) is 20.2. The zero-order chi connectivity index (χ0) is 53.2. The van der Waals surface area contributed by atoms with E-state index in [-0.39, 0.29) is 10.8 Å². The smallest absolute Gasteiger partial charge is 0.0159 e. The zero-order valence-corrected chi connectivity index (χ0v) is 45.2. The highest BCUT2D eigenvalue weighted by molar-refractivity contribution is 6.24. The maximum absolute atomic E-state index is 2.61. The molecule has 0 atom stereocenters. The summed E-state index contributed by atoms with van der Waals surface area (Å²) < 4.78 is 0. The molecule has 0 amide bonds. The van der Waals surface area contributed by atoms with Crippen molar-refractivity contribution in [3.63, 3.8) is 0 Å². The van der Waals surface area contributed by atoms with Gasteiger partial charge in [-0.3, -0.25) is 0 Å². The van der Waals surface area contributed by atoms with Crippen molar-refractivity contribution in [3.05, 3.63) is 277 Å². The Morgan fingerprint density at radius 1 is 0.188 bits per heavy atom. The maximum atomic E-state index is 2.61. The van der Waals surface area contributed by atoms with Gasteiger partial charge in [0.15, 0.2) is 0 Å². The Bertz CT molecular complexity index is 4860. The molecule has 0 heterocycles. The second-order valence-corrected chi connectivity index (χ2v) is 23.9. The second kappa shape index (κ2) is 16.5. The lowest BCUT2D eigenvalue weighted by molar-refractivity contribution is 0.662. The summed E-state index contributed by atoms with van der Waals surface area (Å²) in [6, 6.07) is 97.3. The van der Waals surface area contributed by atoms with Crippen LogP contribution in [0.2, 0.25) is 0 Å². The summed E-state index contributed by atoms with van der Waals surface area (Å²) in [6.07, 6.45) is 0. The van der Waals surface area contributed by atoms with E-state index in [1.807, 2.05) is 0 Å². The van der Waals surface area contributed by atoms with Crippen molar-refractivity contribution in [1.82, 2.24) is 0 Å². The first-order valence-corrected chi connectivity index (χ1v) is 28.4. The number of fused-ring (bicyclic) bond motifs is 16. The minimum Gasteiger partial charge on any atom is -0.0616 e. The van der Waals surface area contributed by atoms with E-state index >= 15 is 0 Å². The Balaban J connectivity index is 0.980. The highest BCUT2D eigenvalue weighted by Crippen LogP contribution is 2.58. The molecule has 80 heavy (non-hydrogen) atoms. The van der Waals surface area contributed by atoms with Crippen LogP contribution in [0.1, 0.15) is 49.9 Å². The van der Waals surface area contributed by atoms with Crippen molar-refractivity contribution in [1.29, 1.82) is 0 Å². The van der Waals surface area contributed by atoms with Crippen LogP contribution in [-0.2, 0) is 10.8 Å². The molecule has 0 radical (unpaired) electrons. The standard InChI is InChI=1S/C80H54/c1-79(2)73-43-63-55(37-31-49-17-7-11-23-61(49)63)39-65(73)67-41-69-71(45-75(67)79)77(53-33-27-51(28-34-53)59-25-13-19-47-15-5-9-21-57(47)59)70-42-68-66-40-56-38-32-50-18-8-12-24-62(50)64(56)44-74(66)80(3,4)76(68)46-72(70)78(69)54-35-29-52(30-36-54)60-26-14-20-48-16-6-10-22-58(48)60/h5-46H,1-4H3. The molecule has 2 aliphatic carbocycles. The average molecular weight is 1020 g/mol. The van der Waals surface area contributed by atoms with Crippen molar-refractivity contribution in [3.8, 4) is 66.8 Å². The third-order valence-corrected chi connectivity index (χ3v) is 19.0. The fourth-order valence-corrected chi connectivity index (χ4v) is 14.9. The third-order valence-electron chi connectivity index (χ3n) is 19.0. The molecule has 2 aliphatic rings. The van der Waals surface area contributed by atoms with Crippen molar-refractivity contribution in [2.75, 3.05) is 0 Å². The maximum Gasteiger partial charge on any atom is 0.0159 e. The van der Waals surface area contributed by atoms with Crippen molar-refractivity contribution < 1.29 is 0 Å². The van der Waals surface area contributed by atoms with Gasteiger partial charge in [0.05, 0.1) is 0 Å². The van der Waals surface area contributed by atoms with Crippen LogP contribution in [-0.4, -0.2) is 0 Å². The Morgan fingerprint density at radius 2 is 0.475 bits per heavy atom. The van der Waals surface area contributed by atoms with E-state index in [1.165, 1.54) is 175 Å². The predicted molar refractivity (Wildman–Crippen MR) is 343 cm³/mol. The lowest BCUT2D eigenvalue weighted by Gasteiger charge is -2.26. The second-order valence-electron chi connectivity index (χ2n) is 23.9. The molecule has 0 saturated heterocycles. The van der Waals surface area contributed by atoms with Crippen molar-refractivity contribution in [2.24, 2.45) is 0 Å². The van der Waals surface area contributed by atoms with E-state index in [0.717, 1.165) is 0 Å². The Labute approximate surface area is 465 Å². The summed E-state index contributed by atoms with van der Waals surface area (Å²) in [5.74, 6) is 0. The van der Waals surface area contributed by atoms with E-state index < -0.39 is 0 Å². The summed E-state index contributed by atoms with van der Waals surface area (Å²) >= 11 is 0. The van der Waals surface area contributed by atoms with E-state index in [2.05, 4.69) is 282 Å². The van der Waals surface area contributed by atoms with Gasteiger partial charge in [-0.05, 0) is 224 Å². The summed E-state index contributed by atoms with van der Waals surface area (Å²) in [4.78, 5) is 0. The van der Waals surface area contributed by atoms with E-state index in [1.54, 1.807) is 0 Å². The number of hydrogen-bond acceptors (Lipinski definition) is 0. The molecule has 0 aliphatic heterocycles. The molecule has 0 unspecified atom stereocenters. The summed E-state index contributed by atoms with van der Waals surface area (Å²) in [6.45, 7) is 9.80. The molecule has 0 spiro atoms. The predicted octanol–water partition coefficient (Wildman–Crippen LogP) is 22.2. The molecule has 0 N–H and O–H groups in total. The molecule has 0 aromatic heterocycles. The number of hydrogen-bond donors (Lipinski definition) is 0. The monoisotopic (exact) mass is 1010 g/mol. The van der Waals surface area contributed by atoms with Crippen LogP contribution in [0.15, 0.2) is 255 Å². The highest BCUT2D eigenvalue weighted by atomic mass is 14.4. The third kappa shape index (κ3) is 6.39. The fourth-order valence-electron chi connectivity index (χ4n) is 14.9. The van der Waals surface area contributed by atoms with Gasteiger partial charge in [0, 0.05) is 10.8 Å². The molecule has 15 aromatic rings. The molecule has 0 fully saturated rings. The lowest BCUT2D eigenvalue weighted by Crippen LogP contribution is -2.15. The molecule has 15 aromatic carbocycles. The van der Waals surface area contributed by atoms with Crippen LogP contribution in [0.3, 0.4) is 0 Å². The van der Waals surface area contributed by atoms with Crippen LogP contribution in [0, 0.1) is 0 Å². The molecular weight excluding hydrogens is 961 g/mol. The van der Waals surface area contributed by atoms with Gasteiger partial charge in [0.1, 0.15) is 0 Å². The van der Waals surface area contributed by atoms with Crippen molar-refractivity contribution in [2.45, 2.75) is 38.5 Å². The molecule has 0 saturated carbocycles. The molecule has 374 valence electrons. The summed E-state index contributed by atoms with van der Waals surface area (Å²) in [7, 11) is 0. The Kier molecular flexibility index (Phi) is 9.34. The number of rotatable bonds is 4. The van der Waals surface area contributed by atoms with Gasteiger partial charge in [0.2, 0.25) is 0 Å². The van der Waals surface area contributed by atoms with Crippen molar-refractivity contribution >= 4 is 86.2 Å². The number of benzene rings is 15. The minimum absolute atomic E-state index is 0.263. The van der Waals surface area contributed by atoms with Gasteiger partial charge in [-0.15, -0.1) is 0 Å². The average Bonchev–Trinajstić information content (AvgIpc) is 3.97. The largest absolute Gasteiger partial charge is 0.0616 e. The Hall–Kier alpha value is -9.62. The molecule has 17 rings (SSSR count). The van der Waals surface area contributed by atoms with Gasteiger partial charge < -0.3 is 0 Å². The SMILES string of the molecule is CC1(C)c2cc3c(-c4ccc(-c5cccc6ccccc56)cc4)c4cc5c(cc4c(-c4ccc(-c6cccc7ccccc67)cc4)c3cc2-c2cc3ccc4ccccc4c3cc21)C(C)(C)c1cc2c(ccc3ccccc32)cc1-5. The van der Waals surface area contributed by atoms with Gasteiger partial charge in [-0.25, -0.2) is 0 Å². The fraction of sp³-hybridized carbons (Fsp3) is 0.0750. The van der Waals surface area contributed by atoms with Gasteiger partial charge in [-0.2, -0.15) is 0 Å².